The molecule has 1 atom stereocenters. The van der Waals surface area contributed by atoms with Gasteiger partial charge in [-0.2, -0.15) is 18.3 Å². The number of hydrogen-bond donors (Lipinski definition) is 3. The molecule has 0 saturated heterocycles. The summed E-state index contributed by atoms with van der Waals surface area (Å²) in [7, 11) is 0. The number of H-pyrrole nitrogens is 1. The maximum atomic E-state index is 14.6. The third-order valence-corrected chi connectivity index (χ3v) is 7.40. The van der Waals surface area contributed by atoms with Crippen LogP contribution in [0.15, 0.2) is 63.6 Å². The second-order valence-corrected chi connectivity index (χ2v) is 11.5. The second kappa shape index (κ2) is 10.7. The summed E-state index contributed by atoms with van der Waals surface area (Å²) >= 11 is 0. The number of aromatic amines is 1. The summed E-state index contributed by atoms with van der Waals surface area (Å²) < 4.78 is 67.1. The largest absolute Gasteiger partial charge is 0.487 e. The smallest absolute Gasteiger partial charge is 0.434 e. The van der Waals surface area contributed by atoms with Crippen LogP contribution in [0.4, 0.5) is 23.4 Å². The number of aromatic nitrogens is 4. The highest BCUT2D eigenvalue weighted by Crippen LogP contribution is 2.44. The Morgan fingerprint density at radius 3 is 2.61 bits per heavy atom. The first kappa shape index (κ1) is 28.5. The fraction of sp³-hybridized carbons (Fsp3) is 0.464. The van der Waals surface area contributed by atoms with Crippen LogP contribution in [0.5, 0.6) is 5.75 Å². The number of nitrogens with one attached hydrogen (secondary N) is 3. The molecule has 41 heavy (non-hydrogen) atoms. The Morgan fingerprint density at radius 1 is 1.20 bits per heavy atom. The average Bonchev–Trinajstić information content (AvgIpc) is 3.55. The molecule has 0 radical (unpaired) electrons. The number of nitrogens with zero attached hydrogens (tertiary/aromatic N) is 3. The fourth-order valence-electron chi connectivity index (χ4n) is 5.43. The molecular formula is C28H32F4N6O3. The van der Waals surface area contributed by atoms with Crippen LogP contribution in [0.2, 0.25) is 0 Å². The highest BCUT2D eigenvalue weighted by atomic mass is 19.4. The van der Waals surface area contributed by atoms with Crippen LogP contribution < -0.4 is 21.1 Å². The number of allylic oxidation sites excluding steroid dienone is 3. The molecule has 3 heterocycles. The zero-order valence-corrected chi connectivity index (χ0v) is 22.9. The molecule has 9 nitrogen and oxygen atoms in total. The topological polar surface area (TPSA) is 110 Å². The van der Waals surface area contributed by atoms with Crippen LogP contribution in [0.3, 0.4) is 0 Å². The van der Waals surface area contributed by atoms with E-state index in [-0.39, 0.29) is 17.6 Å². The van der Waals surface area contributed by atoms with Crippen LogP contribution in [-0.2, 0) is 17.1 Å². The van der Waals surface area contributed by atoms with Crippen LogP contribution in [0.25, 0.3) is 0 Å². The van der Waals surface area contributed by atoms with E-state index in [1.54, 1.807) is 6.20 Å². The van der Waals surface area contributed by atoms with Crippen molar-refractivity contribution in [3.8, 4) is 5.75 Å². The number of benzene rings is 1. The van der Waals surface area contributed by atoms with Gasteiger partial charge >= 0.3 is 11.9 Å². The highest BCUT2D eigenvalue weighted by Gasteiger charge is 2.43. The summed E-state index contributed by atoms with van der Waals surface area (Å²) in [6.45, 7) is 6.18. The molecule has 3 aromatic rings. The Balaban J connectivity index is 1.30. The number of alkyl halides is 3. The molecule has 5 rings (SSSR count). The van der Waals surface area contributed by atoms with Crippen molar-refractivity contribution in [3.05, 3.63) is 82.2 Å². The molecule has 1 aliphatic carbocycles. The zero-order valence-electron chi connectivity index (χ0n) is 22.9. The number of hydrogen-bond acceptors (Lipinski definition) is 7. The Morgan fingerprint density at radius 2 is 1.95 bits per heavy atom. The van der Waals surface area contributed by atoms with Crippen LogP contribution in [0, 0.1) is 5.82 Å². The van der Waals surface area contributed by atoms with Crippen molar-refractivity contribution in [2.24, 2.45) is 0 Å². The first-order valence-electron chi connectivity index (χ1n) is 13.4. The van der Waals surface area contributed by atoms with Crippen molar-refractivity contribution in [1.29, 1.82) is 0 Å². The molecule has 220 valence electrons. The van der Waals surface area contributed by atoms with E-state index in [1.807, 2.05) is 29.0 Å². The SMILES string of the molecule is CC(C)(C)n1nccc1NC1C=CC=C(CC2(c3n[nH]c(=O)o3)CCC(Oc3cccc(C(F)(F)F)c3F)CC2)N1. The summed E-state index contributed by atoms with van der Waals surface area (Å²) in [5, 5.41) is 17.8. The van der Waals surface area contributed by atoms with Crippen LogP contribution in [-0.4, -0.2) is 32.2 Å². The first-order valence-corrected chi connectivity index (χ1v) is 13.4. The molecule has 1 aliphatic heterocycles. The van der Waals surface area contributed by atoms with E-state index in [1.165, 1.54) is 6.07 Å². The fourth-order valence-corrected chi connectivity index (χ4v) is 5.43. The van der Waals surface area contributed by atoms with E-state index >= 15 is 0 Å². The minimum atomic E-state index is -4.82. The van der Waals surface area contributed by atoms with Crippen molar-refractivity contribution in [1.82, 2.24) is 25.3 Å². The molecule has 2 aliphatic rings. The van der Waals surface area contributed by atoms with E-state index in [0.717, 1.165) is 17.6 Å². The van der Waals surface area contributed by atoms with Gasteiger partial charge < -0.3 is 19.8 Å². The average molecular weight is 577 g/mol. The quantitative estimate of drug-likeness (QED) is 0.314. The molecule has 1 saturated carbocycles. The molecule has 3 N–H and O–H groups in total. The molecular weight excluding hydrogens is 544 g/mol. The van der Waals surface area contributed by atoms with Gasteiger partial charge in [0.05, 0.1) is 28.8 Å². The maximum absolute atomic E-state index is 14.6. The van der Waals surface area contributed by atoms with E-state index in [2.05, 4.69) is 46.7 Å². The molecule has 0 amide bonds. The summed E-state index contributed by atoms with van der Waals surface area (Å²) in [4.78, 5) is 11.9. The minimum Gasteiger partial charge on any atom is -0.487 e. The molecule has 0 bridgehead atoms. The Kier molecular flexibility index (Phi) is 7.47. The van der Waals surface area contributed by atoms with Gasteiger partial charge in [-0.25, -0.2) is 19.0 Å². The number of rotatable bonds is 7. The molecule has 2 aromatic heterocycles. The normalized spacial score (nSPS) is 23.1. The molecule has 1 unspecified atom stereocenters. The first-order chi connectivity index (χ1) is 19.3. The number of halogens is 4. The van der Waals surface area contributed by atoms with Crippen molar-refractivity contribution in [3.63, 3.8) is 0 Å². The van der Waals surface area contributed by atoms with Gasteiger partial charge in [-0.3, -0.25) is 0 Å². The van der Waals surface area contributed by atoms with Crippen molar-refractivity contribution in [2.75, 3.05) is 5.32 Å². The lowest BCUT2D eigenvalue weighted by molar-refractivity contribution is -0.140. The molecule has 13 heteroatoms. The lowest BCUT2D eigenvalue weighted by Gasteiger charge is -2.39. The Hall–Kier alpha value is -4.03. The zero-order chi connectivity index (χ0) is 29.4. The standard InChI is InChI=1S/C28H32F4N6O3/c1-26(2,3)38-22(12-15-33-38)35-21-9-4-6-17(34-21)16-27(24-36-37-25(39)41-24)13-10-18(11-14-27)40-20-8-5-7-19(23(20)29)28(30,31)32/h4-9,12,15,18,21,34-35H,10-11,13-14,16H2,1-3H3,(H,37,39). The molecule has 1 aromatic carbocycles. The summed E-state index contributed by atoms with van der Waals surface area (Å²) in [6.07, 6.45) is 4.12. The number of ether oxygens (including phenoxy) is 1. The maximum Gasteiger partial charge on any atom is 0.434 e. The summed E-state index contributed by atoms with van der Waals surface area (Å²) in [5.41, 5.74) is -1.40. The van der Waals surface area contributed by atoms with Crippen molar-refractivity contribution >= 4 is 5.82 Å². The lowest BCUT2D eigenvalue weighted by atomic mass is 9.70. The van der Waals surface area contributed by atoms with Gasteiger partial charge in [0, 0.05) is 18.2 Å². The Bertz CT molecular complexity index is 1490. The van der Waals surface area contributed by atoms with Gasteiger partial charge in [-0.1, -0.05) is 12.1 Å². The Labute approximate surface area is 233 Å². The number of dihydropyridines is 1. The predicted molar refractivity (Wildman–Crippen MR) is 143 cm³/mol. The van der Waals surface area contributed by atoms with Crippen LogP contribution in [0.1, 0.15) is 64.3 Å². The van der Waals surface area contributed by atoms with E-state index in [0.29, 0.717) is 38.2 Å². The van der Waals surface area contributed by atoms with Gasteiger partial charge in [0.15, 0.2) is 11.6 Å². The van der Waals surface area contributed by atoms with E-state index in [9.17, 15) is 22.4 Å². The van der Waals surface area contributed by atoms with Gasteiger partial charge in [0.25, 0.3) is 0 Å². The molecule has 1 fully saturated rings. The third kappa shape index (κ3) is 6.18. The monoisotopic (exact) mass is 576 g/mol. The lowest BCUT2D eigenvalue weighted by Crippen LogP contribution is -2.42. The van der Waals surface area contributed by atoms with Crippen molar-refractivity contribution < 1.29 is 26.7 Å². The van der Waals surface area contributed by atoms with E-state index < -0.39 is 40.6 Å². The number of anilines is 1. The van der Waals surface area contributed by atoms with Gasteiger partial charge in [-0.15, -0.1) is 5.10 Å². The predicted octanol–water partition coefficient (Wildman–Crippen LogP) is 5.60. The summed E-state index contributed by atoms with van der Waals surface area (Å²) in [5.74, 6) is -1.45. The summed E-state index contributed by atoms with van der Waals surface area (Å²) in [6, 6.07) is 4.90. The van der Waals surface area contributed by atoms with Gasteiger partial charge in [0.2, 0.25) is 5.89 Å². The highest BCUT2D eigenvalue weighted by molar-refractivity contribution is 5.40. The second-order valence-electron chi connectivity index (χ2n) is 11.5. The van der Waals surface area contributed by atoms with Gasteiger partial charge in [-0.05, 0) is 70.7 Å². The van der Waals surface area contributed by atoms with Gasteiger partial charge in [0.1, 0.15) is 12.0 Å². The van der Waals surface area contributed by atoms with Crippen LogP contribution >= 0.6 is 0 Å². The third-order valence-electron chi connectivity index (χ3n) is 7.40. The minimum absolute atomic E-state index is 0.220. The van der Waals surface area contributed by atoms with E-state index in [4.69, 9.17) is 9.15 Å². The molecule has 0 spiro atoms. The van der Waals surface area contributed by atoms with Crippen molar-refractivity contribution in [2.45, 2.75) is 82.3 Å².